The molecule has 0 unspecified atom stereocenters. The van der Waals surface area contributed by atoms with Gasteiger partial charge in [0.05, 0.1) is 20.7 Å². The number of hydrogen-bond donors (Lipinski definition) is 2. The Morgan fingerprint density at radius 2 is 2.16 bits per heavy atom. The van der Waals surface area contributed by atoms with Gasteiger partial charge in [-0.05, 0) is 49.4 Å². The average molecular weight is 443 g/mol. The molecule has 3 fully saturated rings. The van der Waals surface area contributed by atoms with Gasteiger partial charge in [-0.3, -0.25) is 0 Å². The molecule has 1 saturated carbocycles. The molecule has 2 aromatic heterocycles. The minimum atomic E-state index is -2.58. The van der Waals surface area contributed by atoms with Crippen LogP contribution < -0.4 is 10.2 Å². The zero-order valence-electron chi connectivity index (χ0n) is 22.1. The summed E-state index contributed by atoms with van der Waals surface area (Å²) in [6, 6.07) is 0.784. The zero-order chi connectivity index (χ0) is 26.3. The molecule has 0 spiro atoms. The Bertz CT molecular complexity index is 1340. The number of fused-ring (bicyclic) bond motifs is 2. The lowest BCUT2D eigenvalue weighted by atomic mass is 9.96. The predicted octanol–water partition coefficient (Wildman–Crippen LogP) is 1.63. The second kappa shape index (κ2) is 7.44. The van der Waals surface area contributed by atoms with Gasteiger partial charge >= 0.3 is 0 Å². The SMILES string of the molecule is [2H]C1([2H])C([2H])([2H])C1([2H])N(c1ncc(-c2ccc(-c3nnn(C)n3)cc2O)nn1)[C@@H]1C[C@@H]2CC[C@H](N2)[C@@H]1F. The van der Waals surface area contributed by atoms with E-state index in [4.69, 9.17) is 6.85 Å². The lowest BCUT2D eigenvalue weighted by molar-refractivity contribution is 0.171. The first-order chi connectivity index (χ1) is 17.5. The Balaban J connectivity index is 1.35. The van der Waals surface area contributed by atoms with Gasteiger partial charge in [-0.2, -0.15) is 4.80 Å². The minimum absolute atomic E-state index is 0.0185. The molecule has 0 amide bonds. The van der Waals surface area contributed by atoms with Crippen LogP contribution in [0.15, 0.2) is 24.4 Å². The van der Waals surface area contributed by atoms with Gasteiger partial charge in [0.25, 0.3) is 0 Å². The molecule has 2 bridgehead atoms. The molecule has 10 nitrogen and oxygen atoms in total. The summed E-state index contributed by atoms with van der Waals surface area (Å²) in [7, 11) is 1.62. The van der Waals surface area contributed by atoms with Gasteiger partial charge in [0.2, 0.25) is 11.8 Å². The lowest BCUT2D eigenvalue weighted by Crippen LogP contribution is -2.57. The van der Waals surface area contributed by atoms with Gasteiger partial charge in [0, 0.05) is 34.7 Å². The molecule has 1 aliphatic carbocycles. The molecule has 32 heavy (non-hydrogen) atoms. The standard InChI is InChI=1S/C21H24FN9O/c1-30-28-20(26-29-30)11-2-6-14(18(32)8-11)16-10-23-21(27-25-16)31(13-4-5-13)17-9-12-3-7-15(24-12)19(17)22/h2,6,8,10,12-13,15,17,19,24,32H,3-5,7,9H2,1H3/t12-,15-,17+,19-/m0/s1/i4D2,5D2,13D. The molecule has 4 atom stereocenters. The molecule has 3 aliphatic rings. The fourth-order valence-electron chi connectivity index (χ4n) is 4.58. The van der Waals surface area contributed by atoms with E-state index >= 15 is 4.39 Å². The number of halogens is 1. The number of nitrogens with one attached hydrogen (secondary N) is 1. The van der Waals surface area contributed by atoms with E-state index < -0.39 is 37.0 Å². The number of alkyl halides is 1. The van der Waals surface area contributed by atoms with Crippen molar-refractivity contribution in [3.63, 3.8) is 0 Å². The van der Waals surface area contributed by atoms with Gasteiger partial charge < -0.3 is 15.3 Å². The molecule has 166 valence electrons. The number of piperidine rings is 1. The van der Waals surface area contributed by atoms with E-state index in [1.54, 1.807) is 19.2 Å². The van der Waals surface area contributed by atoms with Crippen LogP contribution in [-0.4, -0.2) is 70.8 Å². The second-order valence-electron chi connectivity index (χ2n) is 8.24. The van der Waals surface area contributed by atoms with Crippen LogP contribution in [-0.2, 0) is 7.05 Å². The average Bonchev–Trinajstić information content (AvgIpc) is 3.35. The van der Waals surface area contributed by atoms with Crippen molar-refractivity contribution in [3.05, 3.63) is 24.4 Å². The Labute approximate surface area is 190 Å². The molecule has 4 heterocycles. The summed E-state index contributed by atoms with van der Waals surface area (Å²) in [5.74, 6) is -0.0564. The maximum absolute atomic E-state index is 15.6. The summed E-state index contributed by atoms with van der Waals surface area (Å²) in [5, 5.41) is 33.8. The number of tetrazole rings is 1. The summed E-state index contributed by atoms with van der Waals surface area (Å²) < 4.78 is 57.1. The number of rotatable bonds is 5. The number of nitrogens with zero attached hydrogens (tertiary/aromatic N) is 8. The van der Waals surface area contributed by atoms with Gasteiger partial charge in [-0.1, -0.05) is 6.07 Å². The molecular formula is C21H24FN9O. The van der Waals surface area contributed by atoms with E-state index in [9.17, 15) is 5.11 Å². The number of aromatic hydroxyl groups is 1. The molecule has 1 aromatic carbocycles. The molecule has 3 aromatic rings. The monoisotopic (exact) mass is 442 g/mol. The third-order valence-electron chi connectivity index (χ3n) is 6.17. The van der Waals surface area contributed by atoms with E-state index in [1.165, 1.54) is 17.1 Å². The highest BCUT2D eigenvalue weighted by molar-refractivity contribution is 5.71. The van der Waals surface area contributed by atoms with E-state index in [2.05, 4.69) is 35.9 Å². The molecule has 2 saturated heterocycles. The van der Waals surface area contributed by atoms with Crippen LogP contribution in [0.3, 0.4) is 0 Å². The van der Waals surface area contributed by atoms with Crippen molar-refractivity contribution >= 4 is 5.95 Å². The largest absolute Gasteiger partial charge is 0.507 e. The number of hydrogen-bond acceptors (Lipinski definition) is 9. The number of benzene rings is 1. The van der Waals surface area contributed by atoms with Crippen molar-refractivity contribution in [1.82, 2.24) is 40.7 Å². The molecule has 2 aliphatic heterocycles. The fraction of sp³-hybridized carbons (Fsp3) is 0.524. The smallest absolute Gasteiger partial charge is 0.245 e. The fourth-order valence-corrected chi connectivity index (χ4v) is 4.58. The Hall–Kier alpha value is -3.21. The van der Waals surface area contributed by atoms with Crippen LogP contribution in [0.4, 0.5) is 10.3 Å². The van der Waals surface area contributed by atoms with E-state index in [-0.39, 0.29) is 29.9 Å². The Kier molecular flexibility index (Phi) is 3.43. The first-order valence-corrected chi connectivity index (χ1v) is 10.4. The van der Waals surface area contributed by atoms with Crippen molar-refractivity contribution < 1.29 is 16.4 Å². The lowest BCUT2D eigenvalue weighted by Gasteiger charge is -2.40. The van der Waals surface area contributed by atoms with E-state index in [1.807, 2.05) is 0 Å². The van der Waals surface area contributed by atoms with Crippen LogP contribution >= 0.6 is 0 Å². The molecule has 6 rings (SSSR count). The zero-order valence-corrected chi connectivity index (χ0v) is 17.1. The maximum atomic E-state index is 15.6. The normalized spacial score (nSPS) is 33.4. The van der Waals surface area contributed by atoms with Crippen LogP contribution in [0.1, 0.15) is 38.9 Å². The molecule has 2 N–H and O–H groups in total. The number of phenolic OH excluding ortho intramolecular Hbond substituents is 1. The number of phenols is 1. The van der Waals surface area contributed by atoms with Gasteiger partial charge in [0.1, 0.15) is 17.6 Å². The highest BCUT2D eigenvalue weighted by Crippen LogP contribution is 2.39. The summed E-state index contributed by atoms with van der Waals surface area (Å²) in [4.78, 5) is 6.60. The number of aromatic nitrogens is 7. The van der Waals surface area contributed by atoms with Crippen molar-refractivity contribution in [1.29, 1.82) is 0 Å². The summed E-state index contributed by atoms with van der Waals surface area (Å²) in [6.07, 6.45) is -3.72. The predicted molar refractivity (Wildman–Crippen MR) is 113 cm³/mol. The maximum Gasteiger partial charge on any atom is 0.245 e. The molecule has 11 heteroatoms. The van der Waals surface area contributed by atoms with Gasteiger partial charge in [-0.15, -0.1) is 20.4 Å². The van der Waals surface area contributed by atoms with Gasteiger partial charge in [-0.25, -0.2) is 9.37 Å². The first-order valence-electron chi connectivity index (χ1n) is 12.9. The van der Waals surface area contributed by atoms with Crippen molar-refractivity contribution in [3.8, 4) is 28.4 Å². The topological polar surface area (TPSA) is 118 Å². The highest BCUT2D eigenvalue weighted by atomic mass is 19.1. The Morgan fingerprint density at radius 1 is 1.28 bits per heavy atom. The third kappa shape index (κ3) is 3.36. The second-order valence-corrected chi connectivity index (χ2v) is 8.24. The summed E-state index contributed by atoms with van der Waals surface area (Å²) in [5.41, 5.74) is 1.01. The van der Waals surface area contributed by atoms with E-state index in [0.717, 1.165) is 11.3 Å². The van der Waals surface area contributed by atoms with Crippen LogP contribution in [0.25, 0.3) is 22.6 Å². The van der Waals surface area contributed by atoms with Crippen molar-refractivity contribution in [2.45, 2.75) is 62.3 Å². The van der Waals surface area contributed by atoms with Crippen LogP contribution in [0.2, 0.25) is 0 Å². The van der Waals surface area contributed by atoms with Crippen molar-refractivity contribution in [2.24, 2.45) is 7.05 Å². The first kappa shape index (κ1) is 14.8. The number of aryl methyl sites for hydroxylation is 1. The number of anilines is 1. The molecular weight excluding hydrogens is 413 g/mol. The van der Waals surface area contributed by atoms with Gasteiger partial charge in [0.15, 0.2) is 0 Å². The third-order valence-corrected chi connectivity index (χ3v) is 6.17. The summed E-state index contributed by atoms with van der Waals surface area (Å²) >= 11 is 0. The minimum Gasteiger partial charge on any atom is -0.507 e. The quantitative estimate of drug-likeness (QED) is 0.608. The van der Waals surface area contributed by atoms with Crippen LogP contribution in [0, 0.1) is 0 Å². The highest BCUT2D eigenvalue weighted by Gasteiger charge is 2.48. The summed E-state index contributed by atoms with van der Waals surface area (Å²) in [6.45, 7) is 0. The van der Waals surface area contributed by atoms with E-state index in [0.29, 0.717) is 23.4 Å². The molecule has 0 radical (unpaired) electrons. The Morgan fingerprint density at radius 3 is 2.84 bits per heavy atom. The van der Waals surface area contributed by atoms with Crippen molar-refractivity contribution in [2.75, 3.05) is 4.90 Å². The van der Waals surface area contributed by atoms with Crippen LogP contribution in [0.5, 0.6) is 5.75 Å².